The van der Waals surface area contributed by atoms with Crippen molar-refractivity contribution in [1.29, 1.82) is 0 Å². The lowest BCUT2D eigenvalue weighted by Crippen LogP contribution is -2.40. The Hall–Kier alpha value is -2.08. The Labute approximate surface area is 140 Å². The molecule has 0 spiro atoms. The third-order valence-electron chi connectivity index (χ3n) is 3.33. The molecule has 23 heavy (non-hydrogen) atoms. The molecule has 6 nitrogen and oxygen atoms in total. The van der Waals surface area contributed by atoms with Gasteiger partial charge in [-0.1, -0.05) is 25.4 Å². The van der Waals surface area contributed by atoms with E-state index < -0.39 is 17.9 Å². The number of rotatable bonds is 6. The van der Waals surface area contributed by atoms with Crippen LogP contribution in [-0.2, 0) is 9.59 Å². The van der Waals surface area contributed by atoms with Crippen LogP contribution in [0.3, 0.4) is 0 Å². The predicted octanol–water partition coefficient (Wildman–Crippen LogP) is 2.87. The Balaban J connectivity index is 2.99. The van der Waals surface area contributed by atoms with Crippen LogP contribution in [0.15, 0.2) is 18.2 Å². The Bertz CT molecular complexity index is 616. The van der Waals surface area contributed by atoms with Crippen LogP contribution >= 0.6 is 11.6 Å². The van der Waals surface area contributed by atoms with Gasteiger partial charge in [0.05, 0.1) is 10.6 Å². The van der Waals surface area contributed by atoms with Gasteiger partial charge in [0.15, 0.2) is 0 Å². The average molecular weight is 341 g/mol. The highest BCUT2D eigenvalue weighted by Crippen LogP contribution is 2.23. The monoisotopic (exact) mass is 340 g/mol. The normalized spacial score (nSPS) is 11.9. The summed E-state index contributed by atoms with van der Waals surface area (Å²) in [7, 11) is 1.39. The summed E-state index contributed by atoms with van der Waals surface area (Å²) in [6.07, 6.45) is 0.363. The van der Waals surface area contributed by atoms with Gasteiger partial charge in [-0.05, 0) is 31.0 Å². The van der Waals surface area contributed by atoms with Crippen molar-refractivity contribution in [2.24, 2.45) is 5.92 Å². The maximum Gasteiger partial charge on any atom is 0.326 e. The van der Waals surface area contributed by atoms with Crippen LogP contribution in [0.25, 0.3) is 0 Å². The molecule has 1 aromatic rings. The van der Waals surface area contributed by atoms with Gasteiger partial charge < -0.3 is 15.3 Å². The Morgan fingerprint density at radius 1 is 1.26 bits per heavy atom. The topological polar surface area (TPSA) is 86.7 Å². The number of aliphatic carboxylic acids is 1. The van der Waals surface area contributed by atoms with Crippen LogP contribution in [0.1, 0.15) is 37.6 Å². The summed E-state index contributed by atoms with van der Waals surface area (Å²) in [6.45, 7) is 5.26. The smallest absolute Gasteiger partial charge is 0.326 e. The minimum Gasteiger partial charge on any atom is -0.480 e. The van der Waals surface area contributed by atoms with Gasteiger partial charge in [-0.3, -0.25) is 9.59 Å². The lowest BCUT2D eigenvalue weighted by Gasteiger charge is -2.22. The van der Waals surface area contributed by atoms with Gasteiger partial charge in [0, 0.05) is 19.2 Å². The molecule has 0 aliphatic rings. The predicted molar refractivity (Wildman–Crippen MR) is 88.7 cm³/mol. The number of hydrogen-bond acceptors (Lipinski definition) is 3. The highest BCUT2D eigenvalue weighted by molar-refractivity contribution is 6.34. The summed E-state index contributed by atoms with van der Waals surface area (Å²) in [5.41, 5.74) is 0.587. The van der Waals surface area contributed by atoms with Crippen LogP contribution in [0.5, 0.6) is 0 Å². The molecule has 7 heteroatoms. The first kappa shape index (κ1) is 19.0. The van der Waals surface area contributed by atoms with Crippen molar-refractivity contribution in [1.82, 2.24) is 4.90 Å². The molecule has 1 unspecified atom stereocenters. The van der Waals surface area contributed by atoms with Gasteiger partial charge in [0.25, 0.3) is 5.91 Å². The summed E-state index contributed by atoms with van der Waals surface area (Å²) in [6, 6.07) is 3.56. The number of likely N-dealkylation sites (N-methyl/N-ethyl adjacent to an activating group) is 1. The van der Waals surface area contributed by atoms with Gasteiger partial charge in [-0.15, -0.1) is 0 Å². The first-order valence-corrected chi connectivity index (χ1v) is 7.60. The van der Waals surface area contributed by atoms with Crippen molar-refractivity contribution in [3.63, 3.8) is 0 Å². The molecule has 2 N–H and O–H groups in total. The summed E-state index contributed by atoms with van der Waals surface area (Å²) in [5, 5.41) is 11.9. The van der Waals surface area contributed by atoms with Crippen molar-refractivity contribution in [3.05, 3.63) is 28.8 Å². The third-order valence-corrected chi connectivity index (χ3v) is 3.66. The second kappa shape index (κ2) is 7.97. The molecule has 1 rings (SSSR count). The molecule has 0 saturated carbocycles. The molecule has 0 bridgehead atoms. The van der Waals surface area contributed by atoms with Crippen LogP contribution in [0, 0.1) is 5.92 Å². The molecular weight excluding hydrogens is 320 g/mol. The highest BCUT2D eigenvalue weighted by atomic mass is 35.5. The summed E-state index contributed by atoms with van der Waals surface area (Å²) < 4.78 is 0. The number of anilines is 1. The molecule has 126 valence electrons. The van der Waals surface area contributed by atoms with Crippen LogP contribution in [0.4, 0.5) is 5.69 Å². The molecular formula is C16H21ClN2O4. The van der Waals surface area contributed by atoms with Crippen LogP contribution in [0.2, 0.25) is 5.02 Å². The number of carboxylic acid groups (broad SMARTS) is 1. The number of benzene rings is 1. The second-order valence-corrected chi connectivity index (χ2v) is 6.18. The van der Waals surface area contributed by atoms with Gasteiger partial charge in [-0.25, -0.2) is 4.79 Å². The molecule has 0 aliphatic carbocycles. The van der Waals surface area contributed by atoms with Gasteiger partial charge in [0.1, 0.15) is 6.04 Å². The molecule has 0 fully saturated rings. The largest absolute Gasteiger partial charge is 0.480 e. The van der Waals surface area contributed by atoms with Crippen LogP contribution in [-0.4, -0.2) is 40.9 Å². The first-order valence-electron chi connectivity index (χ1n) is 7.22. The van der Waals surface area contributed by atoms with E-state index in [2.05, 4.69) is 5.32 Å². The van der Waals surface area contributed by atoms with Crippen molar-refractivity contribution in [2.75, 3.05) is 12.4 Å². The summed E-state index contributed by atoms with van der Waals surface area (Å²) in [5.74, 6) is -1.58. The number of nitrogens with zero attached hydrogens (tertiary/aromatic N) is 1. The molecule has 0 radical (unpaired) electrons. The number of carbonyl (C=O) groups is 3. The number of halogens is 1. The molecule has 2 amide bonds. The lowest BCUT2D eigenvalue weighted by atomic mass is 10.1. The van der Waals surface area contributed by atoms with Crippen molar-refractivity contribution in [2.45, 2.75) is 33.2 Å². The molecule has 1 atom stereocenters. The third kappa shape index (κ3) is 5.25. The minimum absolute atomic E-state index is 0.143. The standard InChI is InChI=1S/C16H21ClN2O4/c1-9(2)7-14(20)18-11-5-6-13(17)12(8-11)15(21)19(4)10(3)16(22)23/h5-6,8-10H,7H2,1-4H3,(H,18,20)(H,22,23). The zero-order chi connectivity index (χ0) is 17.7. The number of nitrogens with one attached hydrogen (secondary N) is 1. The average Bonchev–Trinajstić information content (AvgIpc) is 2.45. The van der Waals surface area contributed by atoms with E-state index in [-0.39, 0.29) is 22.4 Å². The van der Waals surface area contributed by atoms with Gasteiger partial charge in [0.2, 0.25) is 5.91 Å². The fraction of sp³-hybridized carbons (Fsp3) is 0.438. The lowest BCUT2D eigenvalue weighted by molar-refractivity contribution is -0.141. The van der Waals surface area contributed by atoms with Crippen molar-refractivity contribution in [3.8, 4) is 0 Å². The van der Waals surface area contributed by atoms with E-state index in [1.807, 2.05) is 13.8 Å². The SMILES string of the molecule is CC(C)CC(=O)Nc1ccc(Cl)c(C(=O)N(C)C(C)C(=O)O)c1. The first-order chi connectivity index (χ1) is 10.6. The fourth-order valence-electron chi connectivity index (χ4n) is 1.88. The summed E-state index contributed by atoms with van der Waals surface area (Å²) >= 11 is 6.03. The van der Waals surface area contributed by atoms with E-state index in [0.29, 0.717) is 12.1 Å². The fourth-order valence-corrected chi connectivity index (χ4v) is 2.08. The minimum atomic E-state index is -1.11. The van der Waals surface area contributed by atoms with E-state index in [0.717, 1.165) is 4.90 Å². The van der Waals surface area contributed by atoms with Gasteiger partial charge >= 0.3 is 5.97 Å². The maximum atomic E-state index is 12.4. The molecule has 0 aliphatic heterocycles. The Kier molecular flexibility index (Phi) is 6.57. The molecule has 0 saturated heterocycles. The van der Waals surface area contributed by atoms with Crippen LogP contribution < -0.4 is 5.32 Å². The second-order valence-electron chi connectivity index (χ2n) is 5.77. The maximum absolute atomic E-state index is 12.4. The van der Waals surface area contributed by atoms with Crippen molar-refractivity contribution >= 4 is 35.1 Å². The summed E-state index contributed by atoms with van der Waals surface area (Å²) in [4.78, 5) is 36.3. The number of carbonyl (C=O) groups excluding carboxylic acids is 2. The zero-order valence-electron chi connectivity index (χ0n) is 13.6. The van der Waals surface area contributed by atoms with Gasteiger partial charge in [-0.2, -0.15) is 0 Å². The number of amides is 2. The Morgan fingerprint density at radius 2 is 1.87 bits per heavy atom. The zero-order valence-corrected chi connectivity index (χ0v) is 14.3. The van der Waals surface area contributed by atoms with E-state index in [4.69, 9.17) is 16.7 Å². The highest BCUT2D eigenvalue weighted by Gasteiger charge is 2.24. The number of hydrogen-bond donors (Lipinski definition) is 2. The quantitative estimate of drug-likeness (QED) is 0.833. The van der Waals surface area contributed by atoms with Crippen molar-refractivity contribution < 1.29 is 19.5 Å². The van der Waals surface area contributed by atoms with E-state index in [9.17, 15) is 14.4 Å². The van der Waals surface area contributed by atoms with E-state index >= 15 is 0 Å². The van der Waals surface area contributed by atoms with E-state index in [1.54, 1.807) is 6.07 Å². The Morgan fingerprint density at radius 3 is 2.39 bits per heavy atom. The van der Waals surface area contributed by atoms with E-state index in [1.165, 1.54) is 26.1 Å². The molecule has 0 heterocycles. The molecule has 1 aromatic carbocycles. The number of carboxylic acids is 1. The molecule has 0 aromatic heterocycles.